The number of phenols is 1. The van der Waals surface area contributed by atoms with Gasteiger partial charge in [0.05, 0.1) is 5.56 Å². The minimum atomic E-state index is -0.491. The van der Waals surface area contributed by atoms with E-state index >= 15 is 0 Å². The van der Waals surface area contributed by atoms with Crippen LogP contribution in [0.2, 0.25) is 0 Å². The van der Waals surface area contributed by atoms with Gasteiger partial charge in [-0.15, -0.1) is 12.6 Å². The number of phenolic OH excluding ortho intramolecular Hbond substituents is 1. The zero-order valence-corrected chi connectivity index (χ0v) is 6.51. The van der Waals surface area contributed by atoms with Crippen molar-refractivity contribution in [1.29, 1.82) is 0 Å². The van der Waals surface area contributed by atoms with Crippen LogP contribution in [0.5, 0.6) is 5.75 Å². The van der Waals surface area contributed by atoms with Crippen LogP contribution in [0.25, 0.3) is 0 Å². The van der Waals surface area contributed by atoms with Gasteiger partial charge >= 0.3 is 0 Å². The van der Waals surface area contributed by atoms with E-state index in [0.29, 0.717) is 5.69 Å². The molecule has 0 fully saturated rings. The van der Waals surface area contributed by atoms with E-state index in [2.05, 4.69) is 12.6 Å². The Kier molecular flexibility index (Phi) is 2.05. The third kappa shape index (κ3) is 1.65. The van der Waals surface area contributed by atoms with Crippen LogP contribution in [0.1, 0.15) is 10.4 Å². The number of nitrogen functional groups attached to an aromatic ring is 1. The second-order valence-electron chi connectivity index (χ2n) is 2.08. The van der Waals surface area contributed by atoms with Crippen LogP contribution in [-0.4, -0.2) is 10.2 Å². The molecule has 0 saturated heterocycles. The lowest BCUT2D eigenvalue weighted by Crippen LogP contribution is -1.92. The average molecular weight is 169 g/mol. The summed E-state index contributed by atoms with van der Waals surface area (Å²) in [7, 11) is 0. The van der Waals surface area contributed by atoms with Crippen LogP contribution < -0.4 is 5.73 Å². The summed E-state index contributed by atoms with van der Waals surface area (Å²) < 4.78 is 0. The van der Waals surface area contributed by atoms with Crippen molar-refractivity contribution in [3.05, 3.63) is 23.8 Å². The number of anilines is 1. The molecule has 0 bridgehead atoms. The molecule has 0 spiro atoms. The van der Waals surface area contributed by atoms with E-state index in [9.17, 15) is 4.79 Å². The zero-order chi connectivity index (χ0) is 8.43. The Morgan fingerprint density at radius 1 is 1.55 bits per heavy atom. The number of aromatic hydroxyl groups is 1. The number of carbonyl (C=O) groups excluding carboxylic acids is 1. The first-order chi connectivity index (χ1) is 5.11. The fourth-order valence-electron chi connectivity index (χ4n) is 0.725. The number of rotatable bonds is 1. The standard InChI is InChI=1S/C7H7NO2S/c8-4-1-2-6(9)5(3-4)7(10)11/h1-3,9H,8H2,(H,10,11). The SMILES string of the molecule is Nc1ccc(O)c(C(=O)S)c1. The maximum Gasteiger partial charge on any atom is 0.220 e. The molecule has 0 radical (unpaired) electrons. The lowest BCUT2D eigenvalue weighted by atomic mass is 10.2. The van der Waals surface area contributed by atoms with Gasteiger partial charge in [0.2, 0.25) is 5.12 Å². The maximum absolute atomic E-state index is 10.7. The van der Waals surface area contributed by atoms with Crippen molar-refractivity contribution < 1.29 is 9.90 Å². The Morgan fingerprint density at radius 2 is 2.18 bits per heavy atom. The first-order valence-electron chi connectivity index (χ1n) is 2.93. The number of carbonyl (C=O) groups is 1. The van der Waals surface area contributed by atoms with E-state index < -0.39 is 5.12 Å². The normalized spacial score (nSPS) is 9.55. The first-order valence-corrected chi connectivity index (χ1v) is 3.38. The Labute approximate surface area is 69.2 Å². The number of benzene rings is 1. The molecule has 1 aromatic rings. The zero-order valence-electron chi connectivity index (χ0n) is 5.61. The molecule has 3 N–H and O–H groups in total. The molecule has 0 amide bonds. The largest absolute Gasteiger partial charge is 0.507 e. The van der Waals surface area contributed by atoms with Gasteiger partial charge in [0.15, 0.2) is 0 Å². The van der Waals surface area contributed by atoms with Crippen LogP contribution in [0.4, 0.5) is 5.69 Å². The van der Waals surface area contributed by atoms with Crippen molar-refractivity contribution in [3.8, 4) is 5.75 Å². The van der Waals surface area contributed by atoms with Gasteiger partial charge in [0, 0.05) is 5.69 Å². The van der Waals surface area contributed by atoms with E-state index in [1.54, 1.807) is 0 Å². The average Bonchev–Trinajstić information content (AvgIpc) is 1.94. The van der Waals surface area contributed by atoms with Crippen LogP contribution >= 0.6 is 12.6 Å². The molecule has 0 aromatic heterocycles. The molecule has 0 aliphatic carbocycles. The summed E-state index contributed by atoms with van der Waals surface area (Å²) >= 11 is 3.55. The highest BCUT2D eigenvalue weighted by molar-refractivity contribution is 7.97. The van der Waals surface area contributed by atoms with Gasteiger partial charge in [-0.05, 0) is 18.2 Å². The molecule has 4 heteroatoms. The maximum atomic E-state index is 10.7. The van der Waals surface area contributed by atoms with Gasteiger partial charge in [-0.3, -0.25) is 4.79 Å². The van der Waals surface area contributed by atoms with Crippen molar-refractivity contribution in [1.82, 2.24) is 0 Å². The van der Waals surface area contributed by atoms with E-state index in [-0.39, 0.29) is 11.3 Å². The van der Waals surface area contributed by atoms with Crippen molar-refractivity contribution in [2.45, 2.75) is 0 Å². The Hall–Kier alpha value is -1.16. The lowest BCUT2D eigenvalue weighted by Gasteiger charge is -1.99. The van der Waals surface area contributed by atoms with Crippen LogP contribution in [0, 0.1) is 0 Å². The van der Waals surface area contributed by atoms with Crippen LogP contribution in [-0.2, 0) is 0 Å². The summed E-state index contributed by atoms with van der Waals surface area (Å²) in [5.41, 5.74) is 5.93. The summed E-state index contributed by atoms with van der Waals surface area (Å²) in [4.78, 5) is 10.7. The van der Waals surface area contributed by atoms with Crippen molar-refractivity contribution in [2.75, 3.05) is 5.73 Å². The van der Waals surface area contributed by atoms with Gasteiger partial charge in [0.25, 0.3) is 0 Å². The number of hydrogen-bond acceptors (Lipinski definition) is 3. The molecular weight excluding hydrogens is 162 g/mol. The Morgan fingerprint density at radius 3 is 2.64 bits per heavy atom. The molecule has 11 heavy (non-hydrogen) atoms. The van der Waals surface area contributed by atoms with Gasteiger partial charge in [-0.25, -0.2) is 0 Å². The smallest absolute Gasteiger partial charge is 0.220 e. The fraction of sp³-hybridized carbons (Fsp3) is 0. The first kappa shape index (κ1) is 7.94. The van der Waals surface area contributed by atoms with Crippen molar-refractivity contribution in [3.63, 3.8) is 0 Å². The second-order valence-corrected chi connectivity index (χ2v) is 2.49. The van der Waals surface area contributed by atoms with E-state index in [0.717, 1.165) is 0 Å². The Balaban J connectivity index is 3.23. The molecular formula is C7H7NO2S. The number of thiol groups is 1. The van der Waals surface area contributed by atoms with Crippen molar-refractivity contribution >= 4 is 23.4 Å². The summed E-state index contributed by atoms with van der Waals surface area (Å²) in [6, 6.07) is 4.25. The predicted molar refractivity (Wildman–Crippen MR) is 45.8 cm³/mol. The fourth-order valence-corrected chi connectivity index (χ4v) is 0.904. The summed E-state index contributed by atoms with van der Waals surface area (Å²) in [6.45, 7) is 0. The van der Waals surface area contributed by atoms with E-state index in [1.165, 1.54) is 18.2 Å². The highest BCUT2D eigenvalue weighted by atomic mass is 32.1. The summed E-state index contributed by atoms with van der Waals surface area (Å²) in [5, 5.41) is 8.59. The molecule has 58 valence electrons. The number of hydrogen-bond donors (Lipinski definition) is 3. The predicted octanol–water partition coefficient (Wildman–Crippen LogP) is 1.04. The highest BCUT2D eigenvalue weighted by Crippen LogP contribution is 2.20. The summed E-state index contributed by atoms with van der Waals surface area (Å²) in [6.07, 6.45) is 0. The van der Waals surface area contributed by atoms with Gasteiger partial charge in [-0.1, -0.05) is 0 Å². The topological polar surface area (TPSA) is 63.3 Å². The molecule has 0 aliphatic rings. The van der Waals surface area contributed by atoms with Crippen LogP contribution in [0.3, 0.4) is 0 Å². The third-order valence-electron chi connectivity index (χ3n) is 1.25. The molecule has 1 aromatic carbocycles. The quantitative estimate of drug-likeness (QED) is 0.334. The van der Waals surface area contributed by atoms with Gasteiger partial charge < -0.3 is 10.8 Å². The lowest BCUT2D eigenvalue weighted by molar-refractivity contribution is 0.108. The van der Waals surface area contributed by atoms with Gasteiger partial charge in [0.1, 0.15) is 5.75 Å². The molecule has 0 atom stereocenters. The highest BCUT2D eigenvalue weighted by Gasteiger charge is 2.05. The molecule has 3 nitrogen and oxygen atoms in total. The molecule has 1 rings (SSSR count). The monoisotopic (exact) mass is 169 g/mol. The summed E-state index contributed by atoms with van der Waals surface area (Å²) in [5.74, 6) is -0.0980. The van der Waals surface area contributed by atoms with Crippen molar-refractivity contribution in [2.24, 2.45) is 0 Å². The minimum Gasteiger partial charge on any atom is -0.507 e. The Bertz CT molecular complexity index is 298. The minimum absolute atomic E-state index is 0.0980. The van der Waals surface area contributed by atoms with Gasteiger partial charge in [-0.2, -0.15) is 0 Å². The molecule has 0 unspecified atom stereocenters. The van der Waals surface area contributed by atoms with E-state index in [1.807, 2.05) is 0 Å². The molecule has 0 aliphatic heterocycles. The van der Waals surface area contributed by atoms with Crippen LogP contribution in [0.15, 0.2) is 18.2 Å². The third-order valence-corrected chi connectivity index (χ3v) is 1.49. The molecule has 0 saturated carbocycles. The second kappa shape index (κ2) is 2.84. The molecule has 0 heterocycles. The number of nitrogens with two attached hydrogens (primary N) is 1. The van der Waals surface area contributed by atoms with E-state index in [4.69, 9.17) is 10.8 Å².